The Hall–Kier alpha value is -2.67. The van der Waals surface area contributed by atoms with Crippen molar-refractivity contribution in [2.24, 2.45) is 0 Å². The smallest absolute Gasteiger partial charge is 0.227 e. The van der Waals surface area contributed by atoms with E-state index in [1.165, 1.54) is 0 Å². The summed E-state index contributed by atoms with van der Waals surface area (Å²) in [5, 5.41) is 3.40. The molecular formula is C20H27N5O2. The number of benzene rings is 1. The highest BCUT2D eigenvalue weighted by Gasteiger charge is 2.26. The van der Waals surface area contributed by atoms with Crippen molar-refractivity contribution < 1.29 is 9.53 Å². The van der Waals surface area contributed by atoms with E-state index in [2.05, 4.69) is 15.3 Å². The van der Waals surface area contributed by atoms with Crippen LogP contribution in [-0.2, 0) is 17.8 Å². The lowest BCUT2D eigenvalue weighted by atomic mass is 10.0. The van der Waals surface area contributed by atoms with Crippen LogP contribution in [0, 0.1) is 0 Å². The second kappa shape index (κ2) is 9.32. The van der Waals surface area contributed by atoms with Gasteiger partial charge in [0.25, 0.3) is 0 Å². The first-order valence-corrected chi connectivity index (χ1v) is 9.37. The van der Waals surface area contributed by atoms with Crippen molar-refractivity contribution in [1.29, 1.82) is 0 Å². The SMILES string of the molecule is COc1ccccc1CC(=O)N(Cc1nccc(N)n1)C1CCCNCC1. The number of hydrogen-bond acceptors (Lipinski definition) is 6. The highest BCUT2D eigenvalue weighted by atomic mass is 16.5. The summed E-state index contributed by atoms with van der Waals surface area (Å²) in [5.74, 6) is 1.77. The summed E-state index contributed by atoms with van der Waals surface area (Å²) in [6, 6.07) is 9.45. The number of hydrogen-bond donors (Lipinski definition) is 2. The minimum atomic E-state index is 0.0532. The number of carbonyl (C=O) groups is 1. The zero-order chi connectivity index (χ0) is 19.1. The number of ether oxygens (including phenoxy) is 1. The van der Waals surface area contributed by atoms with E-state index in [1.807, 2.05) is 29.2 Å². The van der Waals surface area contributed by atoms with E-state index >= 15 is 0 Å². The van der Waals surface area contributed by atoms with Crippen LogP contribution in [0.4, 0.5) is 5.82 Å². The largest absolute Gasteiger partial charge is 0.496 e. The summed E-state index contributed by atoms with van der Waals surface area (Å²) >= 11 is 0. The molecule has 1 saturated heterocycles. The van der Waals surface area contributed by atoms with Crippen molar-refractivity contribution in [2.45, 2.75) is 38.3 Å². The average Bonchev–Trinajstić information content (AvgIpc) is 2.96. The minimum Gasteiger partial charge on any atom is -0.496 e. The molecule has 2 heterocycles. The second-order valence-corrected chi connectivity index (χ2v) is 6.74. The number of nitrogens with zero attached hydrogens (tertiary/aromatic N) is 3. The molecule has 1 atom stereocenters. The first kappa shape index (κ1) is 19.1. The first-order valence-electron chi connectivity index (χ1n) is 9.37. The van der Waals surface area contributed by atoms with Crippen molar-refractivity contribution in [3.63, 3.8) is 0 Å². The quantitative estimate of drug-likeness (QED) is 0.806. The summed E-state index contributed by atoms with van der Waals surface area (Å²) < 4.78 is 5.40. The average molecular weight is 369 g/mol. The van der Waals surface area contributed by atoms with Gasteiger partial charge in [-0.25, -0.2) is 9.97 Å². The molecule has 0 radical (unpaired) electrons. The maximum atomic E-state index is 13.2. The van der Waals surface area contributed by atoms with E-state index in [1.54, 1.807) is 19.4 Å². The van der Waals surface area contributed by atoms with E-state index in [0.717, 1.165) is 43.7 Å². The Morgan fingerprint density at radius 1 is 1.30 bits per heavy atom. The molecule has 0 saturated carbocycles. The molecule has 3 N–H and O–H groups in total. The number of amides is 1. The number of rotatable bonds is 6. The Balaban J connectivity index is 1.82. The third-order valence-corrected chi connectivity index (χ3v) is 4.88. The van der Waals surface area contributed by atoms with Gasteiger partial charge in [0.2, 0.25) is 5.91 Å². The topological polar surface area (TPSA) is 93.4 Å². The number of nitrogens with two attached hydrogens (primary N) is 1. The molecule has 1 aromatic heterocycles. The summed E-state index contributed by atoms with van der Waals surface area (Å²) in [5.41, 5.74) is 6.68. The molecule has 2 aromatic rings. The molecule has 1 aromatic carbocycles. The number of nitrogen functional groups attached to an aromatic ring is 1. The third-order valence-electron chi connectivity index (χ3n) is 4.88. The zero-order valence-electron chi connectivity index (χ0n) is 15.7. The van der Waals surface area contributed by atoms with Crippen molar-refractivity contribution >= 4 is 11.7 Å². The number of carbonyl (C=O) groups excluding carboxylic acids is 1. The molecule has 1 amide bonds. The van der Waals surface area contributed by atoms with Crippen LogP contribution in [0.2, 0.25) is 0 Å². The molecule has 7 nitrogen and oxygen atoms in total. The molecule has 7 heteroatoms. The van der Waals surface area contributed by atoms with E-state index in [-0.39, 0.29) is 18.4 Å². The minimum absolute atomic E-state index is 0.0532. The first-order chi connectivity index (χ1) is 13.2. The lowest BCUT2D eigenvalue weighted by molar-refractivity contribution is -0.134. The Labute approximate surface area is 159 Å². The van der Waals surface area contributed by atoms with Crippen LogP contribution in [0.3, 0.4) is 0 Å². The Morgan fingerprint density at radius 2 is 2.15 bits per heavy atom. The van der Waals surface area contributed by atoms with Crippen molar-refractivity contribution in [2.75, 3.05) is 25.9 Å². The maximum absolute atomic E-state index is 13.2. The molecule has 1 fully saturated rings. The van der Waals surface area contributed by atoms with Crippen molar-refractivity contribution in [3.8, 4) is 5.75 Å². The number of anilines is 1. The molecule has 0 spiro atoms. The molecule has 1 aliphatic heterocycles. The molecule has 0 aliphatic carbocycles. The van der Waals surface area contributed by atoms with Gasteiger partial charge in [-0.3, -0.25) is 4.79 Å². The molecule has 1 aliphatic rings. The van der Waals surface area contributed by atoms with Crippen LogP contribution in [0.25, 0.3) is 0 Å². The fourth-order valence-corrected chi connectivity index (χ4v) is 3.49. The third kappa shape index (κ3) is 5.17. The fourth-order valence-electron chi connectivity index (χ4n) is 3.49. The predicted molar refractivity (Wildman–Crippen MR) is 104 cm³/mol. The highest BCUT2D eigenvalue weighted by Crippen LogP contribution is 2.22. The van der Waals surface area contributed by atoms with Gasteiger partial charge in [0.05, 0.1) is 20.1 Å². The van der Waals surface area contributed by atoms with Crippen molar-refractivity contribution in [3.05, 3.63) is 47.9 Å². The van der Waals surface area contributed by atoms with Gasteiger partial charge < -0.3 is 20.7 Å². The van der Waals surface area contributed by atoms with Crippen LogP contribution in [0.1, 0.15) is 30.7 Å². The van der Waals surface area contributed by atoms with Gasteiger partial charge in [0, 0.05) is 17.8 Å². The summed E-state index contributed by atoms with van der Waals surface area (Å²) in [4.78, 5) is 23.7. The molecule has 27 heavy (non-hydrogen) atoms. The fraction of sp³-hybridized carbons (Fsp3) is 0.450. The maximum Gasteiger partial charge on any atom is 0.227 e. The van der Waals surface area contributed by atoms with Gasteiger partial charge in [-0.1, -0.05) is 18.2 Å². The van der Waals surface area contributed by atoms with Gasteiger partial charge in [-0.05, 0) is 44.5 Å². The molecule has 1 unspecified atom stereocenters. The number of para-hydroxylation sites is 1. The van der Waals surface area contributed by atoms with E-state index in [0.29, 0.717) is 18.2 Å². The van der Waals surface area contributed by atoms with Crippen molar-refractivity contribution in [1.82, 2.24) is 20.2 Å². The predicted octanol–water partition coefficient (Wildman–Crippen LogP) is 1.78. The zero-order valence-corrected chi connectivity index (χ0v) is 15.7. The van der Waals surface area contributed by atoms with E-state index in [9.17, 15) is 4.79 Å². The van der Waals surface area contributed by atoms with Gasteiger partial charge >= 0.3 is 0 Å². The van der Waals surface area contributed by atoms with Gasteiger partial charge in [0.1, 0.15) is 17.4 Å². The molecule has 144 valence electrons. The van der Waals surface area contributed by atoms with Gasteiger partial charge in [0.15, 0.2) is 0 Å². The monoisotopic (exact) mass is 369 g/mol. The van der Waals surface area contributed by atoms with Crippen LogP contribution >= 0.6 is 0 Å². The Morgan fingerprint density at radius 3 is 2.96 bits per heavy atom. The van der Waals surface area contributed by atoms with Crippen LogP contribution < -0.4 is 15.8 Å². The normalized spacial score (nSPS) is 17.1. The Kier molecular flexibility index (Phi) is 6.59. The van der Waals surface area contributed by atoms with Crippen LogP contribution in [0.15, 0.2) is 36.5 Å². The standard InChI is InChI=1S/C20H27N5O2/c1-27-17-7-3-2-5-15(17)13-20(26)25(16-6-4-10-22-11-8-16)14-19-23-12-9-18(21)24-19/h2-3,5,7,9,12,16,22H,4,6,8,10-11,13-14H2,1H3,(H2,21,23,24). The van der Waals surface area contributed by atoms with Crippen LogP contribution in [-0.4, -0.2) is 47.0 Å². The molecule has 0 bridgehead atoms. The van der Waals surface area contributed by atoms with E-state index in [4.69, 9.17) is 10.5 Å². The molecule has 3 rings (SSSR count). The summed E-state index contributed by atoms with van der Waals surface area (Å²) in [6.45, 7) is 2.25. The van der Waals surface area contributed by atoms with E-state index < -0.39 is 0 Å². The second-order valence-electron chi connectivity index (χ2n) is 6.74. The lowest BCUT2D eigenvalue weighted by Gasteiger charge is -2.31. The number of methoxy groups -OCH3 is 1. The highest BCUT2D eigenvalue weighted by molar-refractivity contribution is 5.79. The lowest BCUT2D eigenvalue weighted by Crippen LogP contribution is -2.41. The van der Waals surface area contributed by atoms with Gasteiger partial charge in [-0.2, -0.15) is 0 Å². The van der Waals surface area contributed by atoms with Crippen LogP contribution in [0.5, 0.6) is 5.75 Å². The molecular weight excluding hydrogens is 342 g/mol. The number of aromatic nitrogens is 2. The number of nitrogens with one attached hydrogen (secondary N) is 1. The Bertz CT molecular complexity index is 760. The summed E-state index contributed by atoms with van der Waals surface area (Å²) in [7, 11) is 1.62. The summed E-state index contributed by atoms with van der Waals surface area (Å²) in [6.07, 6.45) is 4.85. The van der Waals surface area contributed by atoms with Gasteiger partial charge in [-0.15, -0.1) is 0 Å².